The van der Waals surface area contributed by atoms with Gasteiger partial charge in [-0.1, -0.05) is 6.07 Å². The third-order valence-corrected chi connectivity index (χ3v) is 3.26. The normalized spacial score (nSPS) is 19.6. The predicted octanol–water partition coefficient (Wildman–Crippen LogP) is 0.700. The van der Waals surface area contributed by atoms with E-state index in [9.17, 15) is 17.6 Å². The molecule has 1 aromatic carbocycles. The number of carbonyl (C=O) groups is 1. The molecule has 0 saturated carbocycles. The van der Waals surface area contributed by atoms with Crippen molar-refractivity contribution in [2.24, 2.45) is 0 Å². The van der Waals surface area contributed by atoms with Crippen molar-refractivity contribution in [1.82, 2.24) is 4.72 Å². The van der Waals surface area contributed by atoms with Crippen LogP contribution in [0.1, 0.15) is 0 Å². The molecule has 1 fully saturated rings. The zero-order chi connectivity index (χ0) is 14.0. The third kappa shape index (κ3) is 3.65. The van der Waals surface area contributed by atoms with E-state index in [-0.39, 0.29) is 13.1 Å². The van der Waals surface area contributed by atoms with Crippen LogP contribution in [0.5, 0.6) is 0 Å². The van der Waals surface area contributed by atoms with Crippen LogP contribution in [0, 0.1) is 5.82 Å². The van der Waals surface area contributed by atoms with Gasteiger partial charge in [-0.2, -0.15) is 0 Å². The zero-order valence-corrected chi connectivity index (χ0v) is 11.0. The second kappa shape index (κ2) is 5.14. The molecule has 0 bridgehead atoms. The molecule has 19 heavy (non-hydrogen) atoms. The van der Waals surface area contributed by atoms with Crippen molar-refractivity contribution < 1.29 is 22.3 Å². The van der Waals surface area contributed by atoms with Gasteiger partial charge >= 0.3 is 6.09 Å². The lowest BCUT2D eigenvalue weighted by Crippen LogP contribution is -2.33. The van der Waals surface area contributed by atoms with E-state index in [1.54, 1.807) is 6.07 Å². The van der Waals surface area contributed by atoms with Crippen molar-refractivity contribution >= 4 is 21.8 Å². The molecule has 1 unspecified atom stereocenters. The fraction of sp³-hybridized carbons (Fsp3) is 0.364. The highest BCUT2D eigenvalue weighted by Gasteiger charge is 2.32. The van der Waals surface area contributed by atoms with Crippen LogP contribution < -0.4 is 9.62 Å². The molecule has 1 N–H and O–H groups in total. The van der Waals surface area contributed by atoms with Gasteiger partial charge in [0, 0.05) is 6.54 Å². The van der Waals surface area contributed by atoms with Gasteiger partial charge in [0.25, 0.3) is 0 Å². The number of hydrogen-bond donors (Lipinski definition) is 1. The first kappa shape index (κ1) is 13.8. The summed E-state index contributed by atoms with van der Waals surface area (Å²) in [5.41, 5.74) is 0.381. The van der Waals surface area contributed by atoms with Gasteiger partial charge in [0.1, 0.15) is 11.9 Å². The first-order chi connectivity index (χ1) is 8.85. The van der Waals surface area contributed by atoms with Gasteiger partial charge in [-0.05, 0) is 18.2 Å². The Bertz CT molecular complexity index is 590. The number of halogens is 1. The number of sulfonamides is 1. The van der Waals surface area contributed by atoms with E-state index >= 15 is 0 Å². The number of hydrogen-bond acceptors (Lipinski definition) is 4. The maximum atomic E-state index is 13.1. The van der Waals surface area contributed by atoms with Crippen molar-refractivity contribution in [3.8, 4) is 0 Å². The monoisotopic (exact) mass is 288 g/mol. The minimum absolute atomic E-state index is 0.00358. The Hall–Kier alpha value is -1.67. The van der Waals surface area contributed by atoms with Crippen LogP contribution in [0.15, 0.2) is 24.3 Å². The quantitative estimate of drug-likeness (QED) is 0.885. The molecule has 0 aromatic heterocycles. The maximum Gasteiger partial charge on any atom is 0.414 e. The highest BCUT2D eigenvalue weighted by molar-refractivity contribution is 7.88. The Kier molecular flexibility index (Phi) is 3.72. The van der Waals surface area contributed by atoms with E-state index in [2.05, 4.69) is 4.72 Å². The number of amides is 1. The van der Waals surface area contributed by atoms with Crippen molar-refractivity contribution in [1.29, 1.82) is 0 Å². The minimum atomic E-state index is -3.34. The number of nitrogens with zero attached hydrogens (tertiary/aromatic N) is 1. The van der Waals surface area contributed by atoms with Gasteiger partial charge < -0.3 is 4.74 Å². The van der Waals surface area contributed by atoms with Gasteiger partial charge in [-0.3, -0.25) is 4.90 Å². The van der Waals surface area contributed by atoms with E-state index in [4.69, 9.17) is 4.74 Å². The molecule has 1 aromatic rings. The molecule has 1 saturated heterocycles. The topological polar surface area (TPSA) is 75.7 Å². The maximum absolute atomic E-state index is 13.1. The Labute approximate surface area is 110 Å². The van der Waals surface area contributed by atoms with Crippen LogP contribution in [0.4, 0.5) is 14.9 Å². The number of carbonyl (C=O) groups excluding carboxylic acids is 1. The molecule has 1 heterocycles. The Morgan fingerprint density at radius 2 is 2.26 bits per heavy atom. The van der Waals surface area contributed by atoms with Crippen LogP contribution in [-0.4, -0.2) is 40.0 Å². The van der Waals surface area contributed by atoms with Crippen LogP contribution in [0.3, 0.4) is 0 Å². The molecule has 1 atom stereocenters. The first-order valence-corrected chi connectivity index (χ1v) is 7.42. The molecule has 1 aliphatic rings. The summed E-state index contributed by atoms with van der Waals surface area (Å²) in [6.07, 6.45) is -0.190. The molecular weight excluding hydrogens is 275 g/mol. The van der Waals surface area contributed by atoms with Crippen LogP contribution in [0.25, 0.3) is 0 Å². The number of anilines is 1. The summed E-state index contributed by atoms with van der Waals surface area (Å²) in [6.45, 7) is 0.168. The molecule has 0 aliphatic carbocycles. The molecule has 0 spiro atoms. The van der Waals surface area contributed by atoms with Crippen LogP contribution in [0.2, 0.25) is 0 Å². The summed E-state index contributed by atoms with van der Waals surface area (Å²) in [5.74, 6) is -0.456. The highest BCUT2D eigenvalue weighted by atomic mass is 32.2. The third-order valence-electron chi connectivity index (χ3n) is 2.57. The van der Waals surface area contributed by atoms with E-state index in [0.717, 1.165) is 6.26 Å². The van der Waals surface area contributed by atoms with E-state index in [1.165, 1.54) is 23.1 Å². The SMILES string of the molecule is CS(=O)(=O)NCC1CN(c2cccc(F)c2)C(=O)O1. The Balaban J connectivity index is 2.04. The fourth-order valence-corrected chi connectivity index (χ4v) is 2.22. The average Bonchev–Trinajstić information content (AvgIpc) is 2.67. The fourth-order valence-electron chi connectivity index (χ4n) is 1.73. The summed E-state index contributed by atoms with van der Waals surface area (Å²) in [7, 11) is -3.34. The number of benzene rings is 1. The Morgan fingerprint density at radius 1 is 1.53 bits per heavy atom. The van der Waals surface area contributed by atoms with Crippen molar-refractivity contribution in [3.63, 3.8) is 0 Å². The molecule has 0 radical (unpaired) electrons. The minimum Gasteiger partial charge on any atom is -0.443 e. The lowest BCUT2D eigenvalue weighted by atomic mass is 10.2. The smallest absolute Gasteiger partial charge is 0.414 e. The summed E-state index contributed by atoms with van der Waals surface area (Å²) >= 11 is 0. The molecular formula is C11H13FN2O4S. The van der Waals surface area contributed by atoms with E-state index in [1.807, 2.05) is 0 Å². The van der Waals surface area contributed by atoms with E-state index < -0.39 is 28.0 Å². The van der Waals surface area contributed by atoms with Gasteiger partial charge in [0.2, 0.25) is 10.0 Å². The van der Waals surface area contributed by atoms with Crippen LogP contribution in [-0.2, 0) is 14.8 Å². The van der Waals surface area contributed by atoms with Crippen molar-refractivity contribution in [2.75, 3.05) is 24.2 Å². The lowest BCUT2D eigenvalue weighted by Gasteiger charge is -2.12. The lowest BCUT2D eigenvalue weighted by molar-refractivity contribution is 0.143. The molecule has 1 amide bonds. The largest absolute Gasteiger partial charge is 0.443 e. The zero-order valence-electron chi connectivity index (χ0n) is 10.2. The second-order valence-electron chi connectivity index (χ2n) is 4.22. The molecule has 1 aliphatic heterocycles. The van der Waals surface area contributed by atoms with Crippen molar-refractivity contribution in [2.45, 2.75) is 6.10 Å². The number of cyclic esters (lactones) is 1. The number of ether oxygens (including phenoxy) is 1. The van der Waals surface area contributed by atoms with Crippen LogP contribution >= 0.6 is 0 Å². The summed E-state index contributed by atoms with van der Waals surface area (Å²) in [4.78, 5) is 12.9. The molecule has 104 valence electrons. The van der Waals surface area contributed by atoms with Crippen molar-refractivity contribution in [3.05, 3.63) is 30.1 Å². The first-order valence-electron chi connectivity index (χ1n) is 5.53. The molecule has 6 nitrogen and oxygen atoms in total. The van der Waals surface area contributed by atoms with Gasteiger partial charge in [0.05, 0.1) is 18.5 Å². The second-order valence-corrected chi connectivity index (χ2v) is 6.05. The van der Waals surface area contributed by atoms with Gasteiger partial charge in [0.15, 0.2) is 0 Å². The highest BCUT2D eigenvalue weighted by Crippen LogP contribution is 2.21. The Morgan fingerprint density at radius 3 is 2.89 bits per heavy atom. The standard InChI is InChI=1S/C11H13FN2O4S/c1-19(16,17)13-6-10-7-14(11(15)18-10)9-4-2-3-8(12)5-9/h2-5,10,13H,6-7H2,1H3. The summed E-state index contributed by atoms with van der Waals surface area (Å²) < 4.78 is 42.2. The van der Waals surface area contributed by atoms with Gasteiger partial charge in [-0.25, -0.2) is 22.3 Å². The number of rotatable bonds is 4. The van der Waals surface area contributed by atoms with E-state index in [0.29, 0.717) is 5.69 Å². The average molecular weight is 288 g/mol. The molecule has 2 rings (SSSR count). The van der Waals surface area contributed by atoms with Gasteiger partial charge in [-0.15, -0.1) is 0 Å². The summed E-state index contributed by atoms with van der Waals surface area (Å²) in [5, 5.41) is 0. The predicted molar refractivity (Wildman–Crippen MR) is 66.9 cm³/mol. The summed E-state index contributed by atoms with van der Waals surface area (Å²) in [6, 6.07) is 5.55. The number of nitrogens with one attached hydrogen (secondary N) is 1. The molecule has 8 heteroatoms.